The van der Waals surface area contributed by atoms with Crippen LogP contribution in [-0.4, -0.2) is 51.3 Å². The van der Waals surface area contributed by atoms with Crippen molar-refractivity contribution in [2.45, 2.75) is 44.4 Å². The van der Waals surface area contributed by atoms with E-state index in [1.807, 2.05) is 24.3 Å². The van der Waals surface area contributed by atoms with E-state index >= 15 is 0 Å². The Labute approximate surface area is 230 Å². The van der Waals surface area contributed by atoms with Crippen molar-refractivity contribution in [1.29, 1.82) is 0 Å². The number of piperidine rings is 1. The summed E-state index contributed by atoms with van der Waals surface area (Å²) < 4.78 is 20.3. The zero-order chi connectivity index (χ0) is 26.5. The molecule has 1 N–H and O–H groups in total. The van der Waals surface area contributed by atoms with E-state index in [2.05, 4.69) is 15.5 Å². The lowest BCUT2D eigenvalue weighted by atomic mass is 9.88. The first-order chi connectivity index (χ1) is 19.0. The number of carboxylic acid groups (broad SMARTS) is 1. The number of ether oxygens (including phenoxy) is 3. The average Bonchev–Trinajstić information content (AvgIpc) is 3.25. The molecule has 0 unspecified atom stereocenters. The van der Waals surface area contributed by atoms with Crippen LogP contribution in [0.5, 0.6) is 23.0 Å². The number of aromatic carboxylic acids is 1. The van der Waals surface area contributed by atoms with Crippen LogP contribution in [0.4, 0.5) is 0 Å². The summed E-state index contributed by atoms with van der Waals surface area (Å²) in [5.74, 6) is 3.20. The number of hydrogen-bond donors (Lipinski definition) is 1. The van der Waals surface area contributed by atoms with Crippen molar-refractivity contribution in [1.82, 2.24) is 14.5 Å². The Kier molecular flexibility index (Phi) is 6.18. The third-order valence-corrected chi connectivity index (χ3v) is 8.23. The van der Waals surface area contributed by atoms with Crippen LogP contribution in [0.15, 0.2) is 54.6 Å². The average molecular weight is 546 g/mol. The van der Waals surface area contributed by atoms with Crippen LogP contribution in [-0.2, 0) is 17.8 Å². The number of aromatic nitrogens is 2. The molecule has 0 amide bonds. The summed E-state index contributed by atoms with van der Waals surface area (Å²) in [6, 6.07) is 16.7. The second-order valence-corrected chi connectivity index (χ2v) is 10.9. The SMILES string of the molecule is O=C(O)c1ccc2nc(CN3CCC(c4cccc5c4Oc4ccc(Cl)cc4O5)CC3)n(C[C@@H]3CCO3)c2c1. The van der Waals surface area contributed by atoms with E-state index in [4.69, 9.17) is 30.8 Å². The fourth-order valence-corrected chi connectivity index (χ4v) is 5.94. The van der Waals surface area contributed by atoms with Crippen LogP contribution in [0.25, 0.3) is 11.0 Å². The van der Waals surface area contributed by atoms with Gasteiger partial charge in [-0.1, -0.05) is 23.7 Å². The summed E-state index contributed by atoms with van der Waals surface area (Å²) in [7, 11) is 0. The maximum Gasteiger partial charge on any atom is 0.335 e. The Morgan fingerprint density at radius 3 is 2.62 bits per heavy atom. The van der Waals surface area contributed by atoms with Gasteiger partial charge in [-0.15, -0.1) is 0 Å². The zero-order valence-electron chi connectivity index (χ0n) is 21.3. The lowest BCUT2D eigenvalue weighted by molar-refractivity contribution is -0.0592. The van der Waals surface area contributed by atoms with Crippen LogP contribution in [0.2, 0.25) is 5.02 Å². The minimum absolute atomic E-state index is 0.146. The molecule has 0 spiro atoms. The molecule has 0 radical (unpaired) electrons. The molecule has 4 heterocycles. The highest BCUT2D eigenvalue weighted by Gasteiger charge is 2.29. The van der Waals surface area contributed by atoms with Gasteiger partial charge in [0.15, 0.2) is 23.0 Å². The summed E-state index contributed by atoms with van der Waals surface area (Å²) in [6.45, 7) is 4.01. The van der Waals surface area contributed by atoms with E-state index in [0.29, 0.717) is 35.5 Å². The molecule has 39 heavy (non-hydrogen) atoms. The van der Waals surface area contributed by atoms with E-state index in [1.165, 1.54) is 5.56 Å². The minimum Gasteiger partial charge on any atom is -0.478 e. The molecule has 9 heteroatoms. The normalized spacial score (nSPS) is 19.1. The number of benzene rings is 3. The van der Waals surface area contributed by atoms with Gasteiger partial charge in [-0.05, 0) is 74.7 Å². The Balaban J connectivity index is 1.09. The number of para-hydroxylation sites is 1. The summed E-state index contributed by atoms with van der Waals surface area (Å²) in [5.41, 5.74) is 3.11. The van der Waals surface area contributed by atoms with Gasteiger partial charge in [-0.3, -0.25) is 4.90 Å². The molecule has 3 aromatic carbocycles. The fraction of sp³-hybridized carbons (Fsp3) is 0.333. The molecule has 1 aromatic heterocycles. The molecule has 200 valence electrons. The Morgan fingerprint density at radius 2 is 1.85 bits per heavy atom. The van der Waals surface area contributed by atoms with Crippen molar-refractivity contribution in [3.8, 4) is 23.0 Å². The molecule has 7 rings (SSSR count). The van der Waals surface area contributed by atoms with Crippen molar-refractivity contribution in [3.05, 3.63) is 76.6 Å². The first-order valence-corrected chi connectivity index (χ1v) is 13.7. The van der Waals surface area contributed by atoms with Crippen molar-refractivity contribution < 1.29 is 24.1 Å². The third kappa shape index (κ3) is 4.62. The molecule has 0 aliphatic carbocycles. The van der Waals surface area contributed by atoms with Crippen molar-refractivity contribution in [2.75, 3.05) is 19.7 Å². The van der Waals surface area contributed by atoms with Gasteiger partial charge in [-0.2, -0.15) is 0 Å². The van der Waals surface area contributed by atoms with Gasteiger partial charge >= 0.3 is 5.97 Å². The van der Waals surface area contributed by atoms with Gasteiger partial charge in [0.05, 0.1) is 35.8 Å². The molecule has 0 saturated carbocycles. The van der Waals surface area contributed by atoms with Gasteiger partial charge in [0, 0.05) is 23.3 Å². The number of rotatable bonds is 6. The predicted molar refractivity (Wildman–Crippen MR) is 146 cm³/mol. The molecule has 2 saturated heterocycles. The molecular formula is C30H28ClN3O5. The van der Waals surface area contributed by atoms with Gasteiger partial charge in [-0.25, -0.2) is 9.78 Å². The number of likely N-dealkylation sites (tertiary alicyclic amines) is 1. The standard InChI is InChI=1S/C30H28ClN3O5/c31-20-5-7-25-27(15-20)38-26-3-1-2-22(29(26)39-25)18-8-11-33(12-9-18)17-28-32-23-6-4-19(30(35)36)14-24(23)34(28)16-21-10-13-37-21/h1-7,14-15,18,21H,8-13,16-17H2,(H,35,36)/t21-/m0/s1. The molecule has 2 fully saturated rings. The van der Waals surface area contributed by atoms with Gasteiger partial charge in [0.2, 0.25) is 0 Å². The maximum atomic E-state index is 11.6. The summed E-state index contributed by atoms with van der Waals surface area (Å²) in [4.78, 5) is 18.9. The number of carboxylic acids is 1. The zero-order valence-corrected chi connectivity index (χ0v) is 22.1. The summed E-state index contributed by atoms with van der Waals surface area (Å²) >= 11 is 6.14. The van der Waals surface area contributed by atoms with E-state index in [0.717, 1.165) is 67.3 Å². The van der Waals surface area contributed by atoms with Crippen LogP contribution in [0.3, 0.4) is 0 Å². The molecule has 1 atom stereocenters. The van der Waals surface area contributed by atoms with Gasteiger partial charge in [0.1, 0.15) is 5.82 Å². The third-order valence-electron chi connectivity index (χ3n) is 7.99. The van der Waals surface area contributed by atoms with E-state index in [1.54, 1.807) is 24.3 Å². The number of carbonyl (C=O) groups is 1. The second-order valence-electron chi connectivity index (χ2n) is 10.4. The van der Waals surface area contributed by atoms with Gasteiger partial charge < -0.3 is 23.9 Å². The van der Waals surface area contributed by atoms with E-state index < -0.39 is 5.97 Å². The number of halogens is 1. The fourth-order valence-electron chi connectivity index (χ4n) is 5.78. The van der Waals surface area contributed by atoms with Crippen LogP contribution in [0, 0.1) is 0 Å². The first-order valence-electron chi connectivity index (χ1n) is 13.4. The van der Waals surface area contributed by atoms with Crippen molar-refractivity contribution in [3.63, 3.8) is 0 Å². The smallest absolute Gasteiger partial charge is 0.335 e. The number of nitrogens with zero attached hydrogens (tertiary/aromatic N) is 3. The molecular weight excluding hydrogens is 518 g/mol. The predicted octanol–water partition coefficient (Wildman–Crippen LogP) is 6.45. The van der Waals surface area contributed by atoms with Gasteiger partial charge in [0.25, 0.3) is 0 Å². The minimum atomic E-state index is -0.932. The van der Waals surface area contributed by atoms with Crippen molar-refractivity contribution >= 4 is 28.6 Å². The van der Waals surface area contributed by atoms with Crippen LogP contribution < -0.4 is 9.47 Å². The maximum absolute atomic E-state index is 11.6. The summed E-state index contributed by atoms with van der Waals surface area (Å²) in [5, 5.41) is 10.1. The lowest BCUT2D eigenvalue weighted by Gasteiger charge is -2.34. The quantitative estimate of drug-likeness (QED) is 0.262. The molecule has 4 aromatic rings. The number of imidazole rings is 1. The highest BCUT2D eigenvalue weighted by Crippen LogP contribution is 2.50. The monoisotopic (exact) mass is 545 g/mol. The molecule has 3 aliphatic heterocycles. The highest BCUT2D eigenvalue weighted by molar-refractivity contribution is 6.30. The molecule has 8 nitrogen and oxygen atoms in total. The van der Waals surface area contributed by atoms with Crippen molar-refractivity contribution in [2.24, 2.45) is 0 Å². The Hall–Kier alpha value is -3.59. The Morgan fingerprint density at radius 1 is 1.00 bits per heavy atom. The van der Waals surface area contributed by atoms with Crippen LogP contribution in [0.1, 0.15) is 46.9 Å². The highest BCUT2D eigenvalue weighted by atomic mass is 35.5. The van der Waals surface area contributed by atoms with E-state index in [9.17, 15) is 9.90 Å². The number of hydrogen-bond acceptors (Lipinski definition) is 6. The molecule has 3 aliphatic rings. The Bertz CT molecular complexity index is 1570. The van der Waals surface area contributed by atoms with Crippen LogP contribution >= 0.6 is 11.6 Å². The lowest BCUT2D eigenvalue weighted by Crippen LogP contribution is -2.35. The first kappa shape index (κ1) is 24.5. The topological polar surface area (TPSA) is 86.0 Å². The largest absolute Gasteiger partial charge is 0.478 e. The second kappa shape index (κ2) is 9.86. The van der Waals surface area contributed by atoms with E-state index in [-0.39, 0.29) is 11.7 Å². The number of fused-ring (bicyclic) bond motifs is 3. The molecule has 0 bridgehead atoms. The summed E-state index contributed by atoms with van der Waals surface area (Å²) in [6.07, 6.45) is 3.13.